The highest BCUT2D eigenvalue weighted by molar-refractivity contribution is 5.56. The van der Waals surface area contributed by atoms with Crippen LogP contribution in [0.4, 0.5) is 10.1 Å². The van der Waals surface area contributed by atoms with Crippen molar-refractivity contribution in [2.75, 3.05) is 31.1 Å². The van der Waals surface area contributed by atoms with E-state index in [1.165, 1.54) is 6.07 Å². The van der Waals surface area contributed by atoms with Crippen molar-refractivity contribution in [1.29, 1.82) is 0 Å². The minimum absolute atomic E-state index is 0.240. The van der Waals surface area contributed by atoms with Gasteiger partial charge < -0.3 is 10.0 Å². The first-order valence-electron chi connectivity index (χ1n) is 7.00. The lowest BCUT2D eigenvalue weighted by molar-refractivity contribution is 0.191. The zero-order valence-electron chi connectivity index (χ0n) is 11.9. The quantitative estimate of drug-likeness (QED) is 0.910. The monoisotopic (exact) mass is 266 g/mol. The third-order valence-electron chi connectivity index (χ3n) is 3.96. The van der Waals surface area contributed by atoms with Crippen LogP contribution < -0.4 is 4.90 Å². The Bertz CT molecular complexity index is 436. The Balaban J connectivity index is 2.28. The number of hydrogen-bond acceptors (Lipinski definition) is 3. The van der Waals surface area contributed by atoms with Crippen LogP contribution in [-0.4, -0.2) is 42.2 Å². The van der Waals surface area contributed by atoms with Crippen LogP contribution in [0.3, 0.4) is 0 Å². The molecule has 1 aliphatic heterocycles. The van der Waals surface area contributed by atoms with Crippen LogP contribution in [0, 0.1) is 5.82 Å². The number of aliphatic hydroxyl groups is 1. The van der Waals surface area contributed by atoms with E-state index in [-0.39, 0.29) is 5.82 Å². The first-order chi connectivity index (χ1) is 9.04. The molecule has 1 fully saturated rings. The summed E-state index contributed by atoms with van der Waals surface area (Å²) in [6, 6.07) is 5.34. The van der Waals surface area contributed by atoms with Crippen LogP contribution in [0.25, 0.3) is 0 Å². The molecule has 0 aliphatic carbocycles. The van der Waals surface area contributed by atoms with Gasteiger partial charge in [-0.05, 0) is 26.5 Å². The Morgan fingerprint density at radius 2 is 2.16 bits per heavy atom. The lowest BCUT2D eigenvalue weighted by atomic mass is 10.0. The predicted molar refractivity (Wildman–Crippen MR) is 76.0 cm³/mol. The summed E-state index contributed by atoms with van der Waals surface area (Å²) >= 11 is 0. The average Bonchev–Trinajstić information content (AvgIpc) is 2.38. The minimum Gasteiger partial charge on any atom is -0.389 e. The summed E-state index contributed by atoms with van der Waals surface area (Å²) in [6.07, 6.45) is -0.648. The van der Waals surface area contributed by atoms with E-state index in [4.69, 9.17) is 0 Å². The van der Waals surface area contributed by atoms with E-state index in [0.717, 1.165) is 26.2 Å². The molecule has 0 radical (unpaired) electrons. The number of benzene rings is 1. The topological polar surface area (TPSA) is 26.7 Å². The van der Waals surface area contributed by atoms with Crippen LogP contribution in [0.2, 0.25) is 0 Å². The molecule has 1 aromatic carbocycles. The molecule has 3 nitrogen and oxygen atoms in total. The fourth-order valence-electron chi connectivity index (χ4n) is 2.87. The number of nitrogens with zero attached hydrogens (tertiary/aromatic N) is 2. The Morgan fingerprint density at radius 3 is 2.74 bits per heavy atom. The summed E-state index contributed by atoms with van der Waals surface area (Å²) in [4.78, 5) is 4.45. The molecule has 0 aromatic heterocycles. The number of likely N-dealkylation sites (N-methyl/N-ethyl adjacent to an activating group) is 1. The van der Waals surface area contributed by atoms with E-state index in [2.05, 4.69) is 23.6 Å². The highest BCUT2D eigenvalue weighted by atomic mass is 19.1. The lowest BCUT2D eigenvalue weighted by Crippen LogP contribution is -2.52. The second-order valence-corrected chi connectivity index (χ2v) is 5.28. The molecule has 19 heavy (non-hydrogen) atoms. The lowest BCUT2D eigenvalue weighted by Gasteiger charge is -2.41. The van der Waals surface area contributed by atoms with Gasteiger partial charge in [-0.3, -0.25) is 4.90 Å². The summed E-state index contributed by atoms with van der Waals surface area (Å²) in [5.41, 5.74) is 1.25. The van der Waals surface area contributed by atoms with Crippen molar-refractivity contribution in [3.63, 3.8) is 0 Å². The number of rotatable bonds is 3. The van der Waals surface area contributed by atoms with E-state index < -0.39 is 6.10 Å². The van der Waals surface area contributed by atoms with Crippen molar-refractivity contribution >= 4 is 5.69 Å². The van der Waals surface area contributed by atoms with Crippen molar-refractivity contribution in [2.24, 2.45) is 0 Å². The summed E-state index contributed by atoms with van der Waals surface area (Å²) in [7, 11) is 0. The molecule has 2 atom stereocenters. The van der Waals surface area contributed by atoms with Crippen LogP contribution in [0.5, 0.6) is 0 Å². The largest absolute Gasteiger partial charge is 0.389 e. The summed E-state index contributed by atoms with van der Waals surface area (Å²) in [5.74, 6) is -0.240. The van der Waals surface area contributed by atoms with Gasteiger partial charge in [0.15, 0.2) is 0 Å². The first-order valence-corrected chi connectivity index (χ1v) is 7.00. The maximum absolute atomic E-state index is 14.1. The SMILES string of the molecule is CCN1CCN(c2c(F)cccc2C(C)O)CC1C. The Labute approximate surface area is 114 Å². The number of piperazine rings is 1. The van der Waals surface area contributed by atoms with Gasteiger partial charge in [0.25, 0.3) is 0 Å². The summed E-state index contributed by atoms with van der Waals surface area (Å²) < 4.78 is 14.1. The molecule has 0 saturated carbocycles. The summed E-state index contributed by atoms with van der Waals surface area (Å²) in [6.45, 7) is 9.56. The smallest absolute Gasteiger partial charge is 0.146 e. The molecule has 2 rings (SSSR count). The number of para-hydroxylation sites is 1. The van der Waals surface area contributed by atoms with Gasteiger partial charge in [-0.1, -0.05) is 19.1 Å². The predicted octanol–water partition coefficient (Wildman–Crippen LogP) is 2.41. The molecule has 106 valence electrons. The maximum atomic E-state index is 14.1. The number of hydrogen-bond donors (Lipinski definition) is 1. The zero-order chi connectivity index (χ0) is 14.0. The minimum atomic E-state index is -0.648. The van der Waals surface area contributed by atoms with Gasteiger partial charge in [-0.15, -0.1) is 0 Å². The van der Waals surface area contributed by atoms with Crippen molar-refractivity contribution < 1.29 is 9.50 Å². The zero-order valence-corrected chi connectivity index (χ0v) is 11.9. The number of anilines is 1. The van der Waals surface area contributed by atoms with Crippen molar-refractivity contribution in [1.82, 2.24) is 4.90 Å². The molecule has 1 aliphatic rings. The molecule has 2 unspecified atom stereocenters. The fourth-order valence-corrected chi connectivity index (χ4v) is 2.87. The van der Waals surface area contributed by atoms with Crippen molar-refractivity contribution in [2.45, 2.75) is 32.9 Å². The van der Waals surface area contributed by atoms with Crippen molar-refractivity contribution in [3.8, 4) is 0 Å². The average molecular weight is 266 g/mol. The van der Waals surface area contributed by atoms with E-state index >= 15 is 0 Å². The molecule has 1 N–H and O–H groups in total. The fraction of sp³-hybridized carbons (Fsp3) is 0.600. The van der Waals surface area contributed by atoms with Gasteiger partial charge in [-0.25, -0.2) is 4.39 Å². The Morgan fingerprint density at radius 1 is 1.42 bits per heavy atom. The normalized spacial score (nSPS) is 22.6. The highest BCUT2D eigenvalue weighted by Crippen LogP contribution is 2.30. The van der Waals surface area contributed by atoms with Gasteiger partial charge in [0.05, 0.1) is 11.8 Å². The molecular weight excluding hydrogens is 243 g/mol. The molecule has 0 bridgehead atoms. The molecule has 1 aromatic rings. The Kier molecular flexibility index (Phi) is 4.42. The van der Waals surface area contributed by atoms with E-state index in [0.29, 0.717) is 17.3 Å². The van der Waals surface area contributed by atoms with E-state index in [1.807, 2.05) is 0 Å². The molecule has 1 saturated heterocycles. The van der Waals surface area contributed by atoms with Gasteiger partial charge in [0.1, 0.15) is 5.82 Å². The van der Waals surface area contributed by atoms with Crippen LogP contribution in [0.1, 0.15) is 32.4 Å². The second kappa shape index (κ2) is 5.88. The highest BCUT2D eigenvalue weighted by Gasteiger charge is 2.26. The van der Waals surface area contributed by atoms with E-state index in [9.17, 15) is 9.50 Å². The van der Waals surface area contributed by atoms with Crippen molar-refractivity contribution in [3.05, 3.63) is 29.6 Å². The molecular formula is C15H23FN2O. The second-order valence-electron chi connectivity index (χ2n) is 5.28. The van der Waals surface area contributed by atoms with Gasteiger partial charge >= 0.3 is 0 Å². The van der Waals surface area contributed by atoms with Gasteiger partial charge in [0.2, 0.25) is 0 Å². The molecule has 0 spiro atoms. The van der Waals surface area contributed by atoms with Crippen LogP contribution >= 0.6 is 0 Å². The molecule has 4 heteroatoms. The third kappa shape index (κ3) is 2.90. The third-order valence-corrected chi connectivity index (χ3v) is 3.96. The van der Waals surface area contributed by atoms with Gasteiger partial charge in [0, 0.05) is 31.2 Å². The van der Waals surface area contributed by atoms with Crippen LogP contribution in [-0.2, 0) is 0 Å². The van der Waals surface area contributed by atoms with E-state index in [1.54, 1.807) is 19.1 Å². The molecule has 0 amide bonds. The van der Waals surface area contributed by atoms with Gasteiger partial charge in [-0.2, -0.15) is 0 Å². The standard InChI is InChI=1S/C15H23FN2O/c1-4-17-8-9-18(10-11(17)2)15-13(12(3)19)6-5-7-14(15)16/h5-7,11-12,19H,4,8-10H2,1-3H3. The Hall–Kier alpha value is -1.13. The molecule has 1 heterocycles. The number of halogens is 1. The number of aliphatic hydroxyl groups excluding tert-OH is 1. The summed E-state index contributed by atoms with van der Waals surface area (Å²) in [5, 5.41) is 9.82. The maximum Gasteiger partial charge on any atom is 0.146 e. The van der Waals surface area contributed by atoms with Crippen LogP contribution in [0.15, 0.2) is 18.2 Å². The first kappa shape index (κ1) is 14.3.